The van der Waals surface area contributed by atoms with Crippen molar-refractivity contribution in [3.8, 4) is 0 Å². The summed E-state index contributed by atoms with van der Waals surface area (Å²) in [6.45, 7) is 28.9. The number of rotatable bonds is 6. The maximum absolute atomic E-state index is 13.7. The number of hydrogen-bond acceptors (Lipinski definition) is 2. The fraction of sp³-hybridized carbons (Fsp3) is 0.833. The molecule has 26 heavy (non-hydrogen) atoms. The Labute approximate surface area is 163 Å². The first-order valence-corrected chi connectivity index (χ1v) is 9.88. The van der Waals surface area contributed by atoms with Gasteiger partial charge in [0.2, 0.25) is 0 Å². The van der Waals surface area contributed by atoms with E-state index in [2.05, 4.69) is 48.1 Å². The molecule has 0 spiro atoms. The van der Waals surface area contributed by atoms with E-state index in [1.54, 1.807) is 0 Å². The van der Waals surface area contributed by atoms with E-state index in [0.29, 0.717) is 19.3 Å². The summed E-state index contributed by atoms with van der Waals surface area (Å²) < 4.78 is 0. The maximum Gasteiger partial charge on any atom is 0.145 e. The van der Waals surface area contributed by atoms with Crippen molar-refractivity contribution in [2.45, 2.75) is 102 Å². The number of hydrogen-bond donors (Lipinski definition) is 0. The number of carbonyl (C=O) groups excluding carboxylic acids is 2. The predicted octanol–water partition coefficient (Wildman–Crippen LogP) is 7.02. The number of ketones is 2. The monoisotopic (exact) mass is 364 g/mol. The highest BCUT2D eigenvalue weighted by Crippen LogP contribution is 2.49. The van der Waals surface area contributed by atoms with Crippen LogP contribution in [0.3, 0.4) is 0 Å². The van der Waals surface area contributed by atoms with Crippen molar-refractivity contribution in [3.63, 3.8) is 0 Å². The third kappa shape index (κ3) is 7.37. The summed E-state index contributed by atoms with van der Waals surface area (Å²) in [5.41, 5.74) is -0.762. The first-order chi connectivity index (χ1) is 11.1. The molecule has 0 heterocycles. The number of carbonyl (C=O) groups is 2. The Bertz CT molecular complexity index is 509. The molecule has 0 rings (SSSR count). The van der Waals surface area contributed by atoms with Crippen molar-refractivity contribution in [3.05, 3.63) is 12.2 Å². The first-order valence-electron chi connectivity index (χ1n) is 9.88. The predicted molar refractivity (Wildman–Crippen MR) is 113 cm³/mol. The third-order valence-corrected chi connectivity index (χ3v) is 4.98. The molecular formula is C24H44O2. The molecule has 0 saturated heterocycles. The molecule has 0 aromatic carbocycles. The van der Waals surface area contributed by atoms with Crippen LogP contribution in [0.4, 0.5) is 0 Å². The lowest BCUT2D eigenvalue weighted by Crippen LogP contribution is -2.45. The maximum atomic E-state index is 13.7. The Kier molecular flexibility index (Phi) is 7.33. The van der Waals surface area contributed by atoms with Gasteiger partial charge in [0.15, 0.2) is 0 Å². The Morgan fingerprint density at radius 3 is 1.35 bits per heavy atom. The second kappa shape index (κ2) is 7.60. The lowest BCUT2D eigenvalue weighted by atomic mass is 9.58. The molecule has 0 fully saturated rings. The zero-order valence-corrected chi connectivity index (χ0v) is 19.6. The van der Waals surface area contributed by atoms with Gasteiger partial charge in [-0.1, -0.05) is 95.2 Å². The molecule has 0 amide bonds. The van der Waals surface area contributed by atoms with E-state index < -0.39 is 16.2 Å². The number of Topliss-reactive ketones (excluding diaryl/α,β-unsaturated/α-hetero) is 2. The van der Waals surface area contributed by atoms with Crippen LogP contribution in [0.2, 0.25) is 0 Å². The SMILES string of the molecule is C=C(CC(CC(=O)C(C)(C)C)(CC(C)(C)C)C(=O)C(C)(C)C)C(C)(C)C. The van der Waals surface area contributed by atoms with E-state index in [9.17, 15) is 9.59 Å². The second-order valence-electron chi connectivity index (χ2n) is 12.5. The lowest BCUT2D eigenvalue weighted by molar-refractivity contribution is -0.144. The van der Waals surface area contributed by atoms with Crippen molar-refractivity contribution in [2.24, 2.45) is 27.1 Å². The summed E-state index contributed by atoms with van der Waals surface area (Å²) in [6.07, 6.45) is 1.55. The summed E-state index contributed by atoms with van der Waals surface area (Å²) in [5, 5.41) is 0. The van der Waals surface area contributed by atoms with Gasteiger partial charge in [0.25, 0.3) is 0 Å². The van der Waals surface area contributed by atoms with Gasteiger partial charge in [0, 0.05) is 22.7 Å². The zero-order chi connectivity index (χ0) is 21.4. The molecular weight excluding hydrogens is 320 g/mol. The summed E-state index contributed by atoms with van der Waals surface area (Å²) in [6, 6.07) is 0. The summed E-state index contributed by atoms with van der Waals surface area (Å²) >= 11 is 0. The van der Waals surface area contributed by atoms with Crippen LogP contribution in [0, 0.1) is 27.1 Å². The Morgan fingerprint density at radius 1 is 0.654 bits per heavy atom. The smallest absolute Gasteiger partial charge is 0.145 e. The first kappa shape index (κ1) is 25.1. The van der Waals surface area contributed by atoms with Gasteiger partial charge in [-0.15, -0.1) is 0 Å². The molecule has 0 aliphatic rings. The highest BCUT2D eigenvalue weighted by molar-refractivity contribution is 5.95. The highest BCUT2D eigenvalue weighted by Gasteiger charge is 2.49. The van der Waals surface area contributed by atoms with Gasteiger partial charge in [-0.3, -0.25) is 9.59 Å². The quantitative estimate of drug-likeness (QED) is 0.474. The van der Waals surface area contributed by atoms with E-state index in [0.717, 1.165) is 5.57 Å². The van der Waals surface area contributed by atoms with E-state index in [-0.39, 0.29) is 22.4 Å². The molecule has 0 aromatic rings. The highest BCUT2D eigenvalue weighted by atomic mass is 16.1. The molecule has 0 bridgehead atoms. The van der Waals surface area contributed by atoms with Crippen LogP contribution >= 0.6 is 0 Å². The average Bonchev–Trinajstić information content (AvgIpc) is 2.31. The largest absolute Gasteiger partial charge is 0.299 e. The van der Waals surface area contributed by atoms with Crippen molar-refractivity contribution in [1.82, 2.24) is 0 Å². The molecule has 0 radical (unpaired) electrons. The fourth-order valence-corrected chi connectivity index (χ4v) is 3.49. The van der Waals surface area contributed by atoms with E-state index >= 15 is 0 Å². The van der Waals surface area contributed by atoms with Gasteiger partial charge < -0.3 is 0 Å². The van der Waals surface area contributed by atoms with Gasteiger partial charge >= 0.3 is 0 Å². The molecule has 1 unspecified atom stereocenters. The minimum absolute atomic E-state index is 0.0583. The number of allylic oxidation sites excluding steroid dienone is 1. The summed E-state index contributed by atoms with van der Waals surface area (Å²) in [7, 11) is 0. The van der Waals surface area contributed by atoms with Gasteiger partial charge in [-0.2, -0.15) is 0 Å². The summed E-state index contributed by atoms with van der Waals surface area (Å²) in [4.78, 5) is 26.7. The van der Waals surface area contributed by atoms with Gasteiger partial charge in [0.1, 0.15) is 11.6 Å². The second-order valence-corrected chi connectivity index (χ2v) is 12.5. The topological polar surface area (TPSA) is 34.1 Å². The molecule has 2 nitrogen and oxygen atoms in total. The van der Waals surface area contributed by atoms with E-state index in [1.807, 2.05) is 41.5 Å². The fourth-order valence-electron chi connectivity index (χ4n) is 3.49. The van der Waals surface area contributed by atoms with Crippen molar-refractivity contribution >= 4 is 11.6 Å². The molecule has 152 valence electrons. The van der Waals surface area contributed by atoms with Crippen molar-refractivity contribution in [2.75, 3.05) is 0 Å². The Balaban J connectivity index is 6.39. The molecule has 1 atom stereocenters. The molecule has 0 aliphatic carbocycles. The van der Waals surface area contributed by atoms with Gasteiger partial charge in [0.05, 0.1) is 0 Å². The van der Waals surface area contributed by atoms with Crippen LogP contribution < -0.4 is 0 Å². The minimum Gasteiger partial charge on any atom is -0.299 e. The van der Waals surface area contributed by atoms with Crippen molar-refractivity contribution in [1.29, 1.82) is 0 Å². The lowest BCUT2D eigenvalue weighted by Gasteiger charge is -2.44. The Hall–Kier alpha value is -0.920. The average molecular weight is 365 g/mol. The third-order valence-electron chi connectivity index (χ3n) is 4.98. The molecule has 0 saturated carbocycles. The van der Waals surface area contributed by atoms with Gasteiger partial charge in [-0.25, -0.2) is 0 Å². The van der Waals surface area contributed by atoms with Crippen LogP contribution in [0.5, 0.6) is 0 Å². The van der Waals surface area contributed by atoms with E-state index in [4.69, 9.17) is 0 Å². The molecule has 0 aliphatic heterocycles. The standard InChI is InChI=1S/C24H44O2/c1-17(21(5,6)7)14-24(16-20(2,3)4,19(26)23(11,12)13)15-18(25)22(8,9)10/h1,14-16H2,2-13H3. The van der Waals surface area contributed by atoms with Gasteiger partial charge in [-0.05, 0) is 23.7 Å². The normalized spacial score (nSPS) is 16.2. The van der Waals surface area contributed by atoms with Crippen LogP contribution in [0.15, 0.2) is 12.2 Å². The minimum atomic E-state index is -0.703. The molecule has 2 heteroatoms. The molecule has 0 aromatic heterocycles. The van der Waals surface area contributed by atoms with Crippen LogP contribution in [-0.2, 0) is 9.59 Å². The Morgan fingerprint density at radius 2 is 1.08 bits per heavy atom. The van der Waals surface area contributed by atoms with Crippen molar-refractivity contribution < 1.29 is 9.59 Å². The summed E-state index contributed by atoms with van der Waals surface area (Å²) in [5.74, 6) is 0.337. The zero-order valence-electron chi connectivity index (χ0n) is 19.6. The van der Waals surface area contributed by atoms with Crippen LogP contribution in [0.1, 0.15) is 102 Å². The molecule has 0 N–H and O–H groups in total. The van der Waals surface area contributed by atoms with E-state index in [1.165, 1.54) is 0 Å². The van der Waals surface area contributed by atoms with Crippen LogP contribution in [-0.4, -0.2) is 11.6 Å². The van der Waals surface area contributed by atoms with Crippen LogP contribution in [0.25, 0.3) is 0 Å².